The summed E-state index contributed by atoms with van der Waals surface area (Å²) in [6.07, 6.45) is 0. The van der Waals surface area contributed by atoms with Crippen molar-refractivity contribution in [2.45, 2.75) is 0 Å². The Labute approximate surface area is 830 Å². The van der Waals surface area contributed by atoms with E-state index in [1.807, 2.05) is 36.4 Å². The van der Waals surface area contributed by atoms with Crippen molar-refractivity contribution in [2.24, 2.45) is 0 Å². The Kier molecular flexibility index (Phi) is 38.7. The number of carbonyl (C=O) groups excluding carboxylic acids is 5. The Hall–Kier alpha value is -17.9. The molecule has 5 amide bonds. The Morgan fingerprint density at radius 1 is 0.168 bits per heavy atom. The zero-order chi connectivity index (χ0) is 101. The number of amides is 5. The van der Waals surface area contributed by atoms with Gasteiger partial charge in [-0.3, -0.25) is 39.6 Å². The van der Waals surface area contributed by atoms with Crippen molar-refractivity contribution in [3.63, 3.8) is 0 Å². The van der Waals surface area contributed by atoms with Gasteiger partial charge >= 0.3 is 0 Å². The topological polar surface area (TPSA) is 377 Å². The van der Waals surface area contributed by atoms with Crippen LogP contribution in [0.2, 0.25) is 0 Å². The summed E-state index contributed by atoms with van der Waals surface area (Å²) in [6, 6.07) is 168. The molecule has 19 aromatic rings. The molecule has 0 unspecified atom stereocenters. The molecule has 0 aliphatic rings. The van der Waals surface area contributed by atoms with Crippen LogP contribution in [0.1, 0.15) is 51.8 Å². The number of hydroxylamine groups is 3. The second kappa shape index (κ2) is 53.2. The normalized spacial score (nSPS) is 10.4. The molecule has 0 bridgehead atoms. The quantitative estimate of drug-likeness (QED) is 0.0203. The predicted octanol–water partition coefficient (Wildman–Crippen LogP) is 17.0. The molecule has 0 heterocycles. The lowest BCUT2D eigenvalue weighted by Crippen LogP contribution is -2.38. The molecule has 0 aliphatic heterocycles. The third kappa shape index (κ3) is 27.1. The highest BCUT2D eigenvalue weighted by Gasteiger charge is 2.50. The number of para-hydroxylation sites is 7. The Bertz CT molecular complexity index is 6270. The molecule has 143 heavy (non-hydrogen) atoms. The molecule has 21 nitrogen and oxygen atoms in total. The average molecular weight is 1950 g/mol. The van der Waals surface area contributed by atoms with E-state index in [0.717, 1.165) is 0 Å². The minimum atomic E-state index is -2.04. The first kappa shape index (κ1) is 104. The van der Waals surface area contributed by atoms with Crippen LogP contribution >= 0.6 is 21.8 Å². The van der Waals surface area contributed by atoms with Crippen molar-refractivity contribution in [1.82, 2.24) is 16.4 Å². The molecule has 0 aliphatic carbocycles. The van der Waals surface area contributed by atoms with Gasteiger partial charge in [-0.1, -0.05) is 315 Å². The molecule has 0 saturated heterocycles. The maximum atomic E-state index is 11.8. The van der Waals surface area contributed by atoms with Crippen molar-refractivity contribution in [2.75, 3.05) is 10.6 Å². The number of aromatic hydroxyl groups is 5. The number of anilines is 2. The zero-order valence-electron chi connectivity index (χ0n) is 76.9. The van der Waals surface area contributed by atoms with Crippen molar-refractivity contribution in [1.29, 1.82) is 0 Å². The second-order valence-corrected chi connectivity index (χ2v) is 41.3. The maximum Gasteiger partial charge on any atom is 0.278 e. The molecular formula is C119H100N5O16P3. The molecule has 0 spiro atoms. The summed E-state index contributed by atoms with van der Waals surface area (Å²) < 4.78 is 0. The van der Waals surface area contributed by atoms with Crippen LogP contribution in [0.5, 0.6) is 46.0 Å². The highest BCUT2D eigenvalue weighted by Crippen LogP contribution is 2.57. The summed E-state index contributed by atoms with van der Waals surface area (Å²) in [5.74, 6) is -3.34. The fraction of sp³-hybridized carbons (Fsp3) is 0. The molecule has 0 aromatic heterocycles. The third-order valence-electron chi connectivity index (χ3n) is 22.1. The minimum absolute atomic E-state index is 0.0177. The fourth-order valence-corrected chi connectivity index (χ4v) is 28.2. The highest BCUT2D eigenvalue weighted by atomic mass is 31.2. The van der Waals surface area contributed by atoms with Gasteiger partial charge in [-0.25, -0.2) is 16.4 Å². The van der Waals surface area contributed by atoms with E-state index in [-0.39, 0.29) is 56.9 Å². The lowest BCUT2D eigenvalue weighted by Gasteiger charge is -2.27. The maximum absolute atomic E-state index is 11.8. The highest BCUT2D eigenvalue weighted by molar-refractivity contribution is 8.02. The van der Waals surface area contributed by atoms with E-state index in [4.69, 9.17) is 20.7 Å². The van der Waals surface area contributed by atoms with Crippen LogP contribution in [-0.4, -0.2) is 70.7 Å². The van der Waals surface area contributed by atoms with Crippen LogP contribution in [0.3, 0.4) is 0 Å². The van der Waals surface area contributed by atoms with Crippen molar-refractivity contribution >= 4 is 126 Å². The van der Waals surface area contributed by atoms with Gasteiger partial charge in [0.1, 0.15) is 114 Å². The van der Waals surface area contributed by atoms with E-state index in [9.17, 15) is 59.7 Å². The van der Waals surface area contributed by atoms with Gasteiger partial charge in [0.25, 0.3) is 29.5 Å². The van der Waals surface area contributed by atoms with Crippen LogP contribution in [0.15, 0.2) is 528 Å². The lowest BCUT2D eigenvalue weighted by molar-refractivity contribution is -0.269. The summed E-state index contributed by atoms with van der Waals surface area (Å²) in [5.41, 5.74) is 5.93. The summed E-state index contributed by atoms with van der Waals surface area (Å²) in [5, 5.41) is 127. The molecule has 0 atom stereocenters. The number of carbonyl (C=O) groups is 5. The molecule has 712 valence electrons. The van der Waals surface area contributed by atoms with Crippen molar-refractivity contribution < 1.29 is 80.4 Å². The van der Waals surface area contributed by atoms with Gasteiger partial charge in [-0.05, 0) is 231 Å². The van der Waals surface area contributed by atoms with Gasteiger partial charge in [0.2, 0.25) is 0 Å². The molecule has 19 rings (SSSR count). The van der Waals surface area contributed by atoms with Gasteiger partial charge in [0, 0.05) is 28.1 Å². The number of rotatable bonds is 19. The molecule has 0 fully saturated rings. The average Bonchev–Trinajstić information content (AvgIpc) is 0.743. The second-order valence-electron chi connectivity index (χ2n) is 31.1. The lowest BCUT2D eigenvalue weighted by atomic mass is 10.2. The van der Waals surface area contributed by atoms with Crippen LogP contribution in [0.4, 0.5) is 11.4 Å². The van der Waals surface area contributed by atoms with Crippen LogP contribution in [0, 0.1) is 0 Å². The number of hydrogen-bond donors (Lipinski definition) is 13. The van der Waals surface area contributed by atoms with E-state index >= 15 is 0 Å². The SMILES string of the molecule is O=C(NO)c1ccccc1O.O=C(NO)c1ccccc1[O-].O=C(NO)c1ccccc1[O-].O=C(Nc1ccccc1)c1ccccc1O.O=C(Nc1ccccc1)c1ccccc1[O-].Oc1ccc([P+](c2ccccc2)(c2ccccc2)c2ccccc2)cc1.Oc1ccc([P+](c2ccccc2)(c2ccccc2)c2ccccc2)cc1.Oc1ccc([P+](c2ccccc2)(c2ccccc2)c2ccccc2)cc1. The van der Waals surface area contributed by atoms with Crippen molar-refractivity contribution in [3.05, 3.63) is 556 Å². The first-order valence-corrected chi connectivity index (χ1v) is 50.1. The number of phenols is 5. The Morgan fingerprint density at radius 3 is 0.510 bits per heavy atom. The first-order valence-electron chi connectivity index (χ1n) is 44.7. The van der Waals surface area contributed by atoms with E-state index in [1.165, 1.54) is 147 Å². The van der Waals surface area contributed by atoms with Crippen molar-refractivity contribution in [3.8, 4) is 46.0 Å². The fourth-order valence-electron chi connectivity index (χ4n) is 15.5. The first-order chi connectivity index (χ1) is 69.7. The standard InChI is InChI=1S/3C24H19OP.2C13H11NO2.3C7H7NO3/c3*25-20-16-18-24(19-17-20)26(21-10-4-1-5-11-21,22-12-6-2-7-13-22)23-14-8-3-9-15-23;2*15-12-9-5-4-8-11(12)13(16)14-10-6-2-1-3-7-10;3*9-6-4-2-1-3-5(6)7(10)8-11/h3*1-19H;2*1-9,15H,(H,14,16);3*1-4,9,11H,(H,8,10). The van der Waals surface area contributed by atoms with Gasteiger partial charge < -0.3 is 51.5 Å². The monoisotopic (exact) mass is 1950 g/mol. The largest absolute Gasteiger partial charge is 0.872 e. The smallest absolute Gasteiger partial charge is 0.278 e. The van der Waals surface area contributed by atoms with Crippen LogP contribution < -0.4 is 106 Å². The van der Waals surface area contributed by atoms with Gasteiger partial charge in [0.15, 0.2) is 0 Å². The summed E-state index contributed by atoms with van der Waals surface area (Å²) >= 11 is 0. The number of hydrogen-bond acceptors (Lipinski definition) is 16. The Morgan fingerprint density at radius 2 is 0.315 bits per heavy atom. The molecule has 13 N–H and O–H groups in total. The zero-order valence-corrected chi connectivity index (χ0v) is 79.6. The van der Waals surface area contributed by atoms with Gasteiger partial charge in [0.05, 0.1) is 11.1 Å². The number of phenolic OH excluding ortho intramolecular Hbond substituents is 5. The molecular weight excluding hydrogens is 1850 g/mol. The minimum Gasteiger partial charge on any atom is -0.872 e. The summed E-state index contributed by atoms with van der Waals surface area (Å²) in [7, 11) is -6.11. The Balaban J connectivity index is 0.000000149. The van der Waals surface area contributed by atoms with Crippen LogP contribution in [0.25, 0.3) is 0 Å². The molecule has 0 radical (unpaired) electrons. The number of nitrogens with one attached hydrogen (secondary N) is 5. The third-order valence-corrected chi connectivity index (χ3v) is 34.9. The van der Waals surface area contributed by atoms with E-state index in [0.29, 0.717) is 28.6 Å². The van der Waals surface area contributed by atoms with Gasteiger partial charge in [-0.15, -0.1) is 0 Å². The molecule has 19 aromatic carbocycles. The van der Waals surface area contributed by atoms with Gasteiger partial charge in [-0.2, -0.15) is 0 Å². The summed E-state index contributed by atoms with van der Waals surface area (Å²) in [6.45, 7) is 0. The van der Waals surface area contributed by atoms with E-state index in [2.05, 4.69) is 320 Å². The molecule has 24 heteroatoms. The van der Waals surface area contributed by atoms with E-state index < -0.39 is 51.0 Å². The van der Waals surface area contributed by atoms with Crippen LogP contribution in [-0.2, 0) is 0 Å². The molecule has 0 saturated carbocycles. The summed E-state index contributed by atoms with van der Waals surface area (Å²) in [4.78, 5) is 55.5. The van der Waals surface area contributed by atoms with E-state index in [1.54, 1.807) is 115 Å². The predicted molar refractivity (Wildman–Crippen MR) is 569 cm³/mol. The number of benzene rings is 19.